The maximum absolute atomic E-state index is 13.0. The molecule has 32 nitrogen and oxygen atoms in total. The number of ketones is 2. The molecular formula is C69H101Gd2N11O21. The van der Waals surface area contributed by atoms with E-state index in [0.717, 1.165) is 11.6 Å². The van der Waals surface area contributed by atoms with Gasteiger partial charge in [-0.2, -0.15) is 0 Å². The molecule has 3 heterocycles. The smallest absolute Gasteiger partial charge is 0.338 e. The molecule has 2 amide bonds. The van der Waals surface area contributed by atoms with Crippen LogP contribution in [0.5, 0.6) is 0 Å². The van der Waals surface area contributed by atoms with Crippen molar-refractivity contribution in [2.24, 2.45) is 0 Å². The average Bonchev–Trinajstić information content (AvgIpc) is 0.822. The number of nitrogens with one attached hydrogen (secondary N) is 2. The molecule has 0 aliphatic carbocycles. The van der Waals surface area contributed by atoms with Crippen molar-refractivity contribution < 1.29 is 182 Å². The summed E-state index contributed by atoms with van der Waals surface area (Å²) in [6.07, 6.45) is 9.78. The number of ether oxygens (including phenoxy) is 2. The number of hydrogen-bond acceptors (Lipinski definition) is 24. The number of Topliss-reactive ketones (excluding diaryl/α,β-unsaturated/α-hetero) is 2. The largest absolute Gasteiger partial charge is 0.480 e. The zero-order chi connectivity index (χ0) is 72.8. The Morgan fingerprint density at radius 2 is 0.767 bits per heavy atom. The second-order valence-corrected chi connectivity index (χ2v) is 23.6. The number of hydrogen-bond donors (Lipinski definition) is 8. The van der Waals surface area contributed by atoms with E-state index in [-0.39, 0.29) is 286 Å². The number of carboxylic acids is 6. The molecule has 2 fully saturated rings. The third-order valence-corrected chi connectivity index (χ3v) is 15.8. The molecule has 0 bridgehead atoms. The van der Waals surface area contributed by atoms with Crippen LogP contribution in [0.1, 0.15) is 71.6 Å². The van der Waals surface area contributed by atoms with Crippen LogP contribution in [0.15, 0.2) is 90.2 Å². The van der Waals surface area contributed by atoms with E-state index in [2.05, 4.69) is 10.6 Å². The monoisotopic (exact) mass is 1740 g/mol. The van der Waals surface area contributed by atoms with Gasteiger partial charge < -0.3 is 55.6 Å². The fourth-order valence-electron chi connectivity index (χ4n) is 10.6. The Labute approximate surface area is 665 Å². The molecule has 2 aromatic rings. The number of aliphatic carboxylic acids is 6. The topological polar surface area (TPSA) is 415 Å². The van der Waals surface area contributed by atoms with E-state index in [1.54, 1.807) is 98.0 Å². The van der Waals surface area contributed by atoms with Crippen molar-refractivity contribution in [1.82, 2.24) is 44.1 Å². The van der Waals surface area contributed by atoms with Crippen LogP contribution in [-0.4, -0.2) is 329 Å². The fourth-order valence-corrected chi connectivity index (χ4v) is 10.6. The van der Waals surface area contributed by atoms with Crippen molar-refractivity contribution in [3.8, 4) is 0 Å². The zero-order valence-electron chi connectivity index (χ0n) is 57.0. The van der Waals surface area contributed by atoms with Gasteiger partial charge in [0, 0.05) is 235 Å². The third kappa shape index (κ3) is 40.9. The van der Waals surface area contributed by atoms with Gasteiger partial charge in [0.1, 0.15) is 17.9 Å². The minimum atomic E-state index is -1.04. The van der Waals surface area contributed by atoms with E-state index in [1.807, 2.05) is 40.0 Å². The molecule has 3 aliphatic heterocycles. The van der Waals surface area contributed by atoms with E-state index >= 15 is 0 Å². The first-order chi connectivity index (χ1) is 47.2. The van der Waals surface area contributed by atoms with Crippen LogP contribution in [0, 0.1) is 79.9 Å². The van der Waals surface area contributed by atoms with E-state index < -0.39 is 47.8 Å². The number of rotatable bonds is 32. The Morgan fingerprint density at radius 3 is 1.07 bits per heavy atom. The Kier molecular flexibility index (Phi) is 49.6. The van der Waals surface area contributed by atoms with E-state index in [1.165, 1.54) is 6.08 Å². The number of nitrogens with zero attached hydrogens (tertiary/aromatic N) is 9. The number of likely N-dealkylation sites (N-methyl/N-ethyl adjacent to an activating group) is 1. The first-order valence-electron chi connectivity index (χ1n) is 32.4. The summed E-state index contributed by atoms with van der Waals surface area (Å²) in [4.78, 5) is 171. The van der Waals surface area contributed by atoms with Gasteiger partial charge in [0.05, 0.1) is 82.8 Å². The average molecular weight is 1740 g/mol. The molecule has 2 aromatic carbocycles. The van der Waals surface area contributed by atoms with Crippen molar-refractivity contribution in [2.75, 3.05) is 188 Å². The molecule has 0 radical (unpaired) electrons. The predicted molar refractivity (Wildman–Crippen MR) is 374 cm³/mol. The maximum atomic E-state index is 13.0. The Bertz CT molecular complexity index is 3150. The minimum absolute atomic E-state index is 0. The van der Waals surface area contributed by atoms with Gasteiger partial charge in [-0.15, -0.1) is 0 Å². The molecule has 8 N–H and O–H groups in total. The van der Waals surface area contributed by atoms with Gasteiger partial charge in [0.15, 0.2) is 0 Å². The van der Waals surface area contributed by atoms with Gasteiger partial charge in [-0.3, -0.25) is 91.9 Å². The van der Waals surface area contributed by atoms with Gasteiger partial charge in [-0.25, -0.2) is 9.59 Å². The van der Waals surface area contributed by atoms with Gasteiger partial charge in [-0.1, -0.05) is 45.2 Å². The Morgan fingerprint density at radius 1 is 0.456 bits per heavy atom. The molecule has 103 heavy (non-hydrogen) atoms. The summed E-state index contributed by atoms with van der Waals surface area (Å²) in [6.45, 7) is 6.84. The molecular weight excluding hydrogens is 1630 g/mol. The second kappa shape index (κ2) is 53.1. The van der Waals surface area contributed by atoms with Gasteiger partial charge >= 0.3 is 47.8 Å². The molecule has 5 rings (SSSR count). The number of allylic oxidation sites excluding steroid dienone is 1. The minimum Gasteiger partial charge on any atom is -0.480 e. The number of amides is 2. The predicted octanol–water partition coefficient (Wildman–Crippen LogP) is 1.86. The number of aldehydes is 1. The van der Waals surface area contributed by atoms with E-state index in [0.29, 0.717) is 68.1 Å². The van der Waals surface area contributed by atoms with Crippen molar-refractivity contribution in [2.45, 2.75) is 60.4 Å². The van der Waals surface area contributed by atoms with Crippen molar-refractivity contribution >= 4 is 94.9 Å². The van der Waals surface area contributed by atoms with Crippen molar-refractivity contribution in [3.63, 3.8) is 0 Å². The normalized spacial score (nSPS) is 16.8. The summed E-state index contributed by atoms with van der Waals surface area (Å²) in [5, 5.41) is 61.7. The molecule has 1 atom stereocenters. The number of carbonyl (C=O) groups is 13. The summed E-state index contributed by atoms with van der Waals surface area (Å²) in [5.74, 6) is -8.37. The van der Waals surface area contributed by atoms with Crippen molar-refractivity contribution in [1.29, 1.82) is 0 Å². The Hall–Kier alpha value is -6.76. The van der Waals surface area contributed by atoms with E-state index in [9.17, 15) is 93.0 Å². The van der Waals surface area contributed by atoms with E-state index in [4.69, 9.17) is 9.47 Å². The number of carbonyl (C=O) groups excluding carboxylic acids is 7. The van der Waals surface area contributed by atoms with Crippen LogP contribution in [0.3, 0.4) is 0 Å². The van der Waals surface area contributed by atoms with Gasteiger partial charge in [-0.05, 0) is 73.5 Å². The SMILES string of the molecule is C.C.CCOC(=O)C(/C=C/c1ccc(NC(=O)CCC(=O)CN2CCN(CC(=O)O)CCN(CC(=O)O)CCN(CC(=O)O)CC2)cc1)=C/C=O.CCOC(=O)C1=CC(c2ccc(NC(=O)CCC(=O)CN3CCN(CC(=O)O)CCN(CC(=O)O)CCN(CC(=O)O)CC3)cc2)N(C)C=C1.[Gd].[Gd]. The molecule has 574 valence electrons. The summed E-state index contributed by atoms with van der Waals surface area (Å²) in [5.41, 5.74) is 3.19. The maximum Gasteiger partial charge on any atom is 0.338 e. The number of carboxylic acid groups (broad SMARTS) is 6. The molecule has 0 saturated carbocycles. The number of benzene rings is 2. The van der Waals surface area contributed by atoms with Gasteiger partial charge in [0.2, 0.25) is 11.8 Å². The standard InChI is InChI=1S/C34H48N6O10.C33H45N5O11.2CH4.2Gd/c1-3-50-34(49)26-10-11-36(2)29(20-26)25-4-6-27(7-5-25)35-30(42)9-8-28(41)21-37-12-14-38(22-31(43)44)16-18-40(24-33(47)48)19-17-39(15-13-37)23-32(45)46;1-2-49-33(48)26(11-20-39)6-3-25-4-7-27(8-5-25)34-29(41)10-9-28(40)21-35-12-14-36(22-30(42)43)16-18-38(24-32(46)47)19-17-37(15-13-35)23-31(44)45;;;;/h4-7,10-11,20,29H,3,8-9,12-19,21-24H2,1-2H3,(H,35,42)(H,43,44)(H,45,46)(H,47,48);3-8,11,20H,2,9-10,12-19,21-24H2,1H3,(H,34,41)(H,42,43)(H,44,45)(H,46,47);2*1H4;;/b;6-3+,26-11+;;;;. The molecule has 1 unspecified atom stereocenters. The molecule has 0 aromatic heterocycles. The summed E-state index contributed by atoms with van der Waals surface area (Å²) >= 11 is 0. The molecule has 3 aliphatic rings. The van der Waals surface area contributed by atoms with Crippen LogP contribution in [-0.2, 0) is 71.8 Å². The number of anilines is 2. The van der Waals surface area contributed by atoms with Crippen LogP contribution in [0.4, 0.5) is 11.4 Å². The van der Waals surface area contributed by atoms with Gasteiger partial charge in [0.25, 0.3) is 0 Å². The third-order valence-electron chi connectivity index (χ3n) is 15.8. The first kappa shape index (κ1) is 96.2. The molecule has 2 saturated heterocycles. The molecule has 34 heteroatoms. The fraction of sp³-hybridized carbons (Fsp3) is 0.522. The van der Waals surface area contributed by atoms with Crippen LogP contribution in [0.25, 0.3) is 6.08 Å². The summed E-state index contributed by atoms with van der Waals surface area (Å²) in [7, 11) is 1.89. The quantitative estimate of drug-likeness (QED) is 0.0224. The molecule has 0 spiro atoms. The van der Waals surface area contributed by atoms with Crippen LogP contribution in [0.2, 0.25) is 0 Å². The Balaban J connectivity index is 0.00000195. The van der Waals surface area contributed by atoms with Crippen LogP contribution < -0.4 is 10.6 Å². The second-order valence-electron chi connectivity index (χ2n) is 23.6. The van der Waals surface area contributed by atoms with Crippen molar-refractivity contribution in [3.05, 3.63) is 101 Å². The summed E-state index contributed by atoms with van der Waals surface area (Å²) < 4.78 is 10.0. The van der Waals surface area contributed by atoms with Crippen LogP contribution >= 0.6 is 0 Å². The summed E-state index contributed by atoms with van der Waals surface area (Å²) in [6, 6.07) is 13.7. The first-order valence-corrected chi connectivity index (χ1v) is 32.4. The number of esters is 2. The zero-order valence-corrected chi connectivity index (χ0v) is 61.5.